The molecule has 0 unspecified atom stereocenters. The summed E-state index contributed by atoms with van der Waals surface area (Å²) in [6.07, 6.45) is 1.40. The van der Waals surface area contributed by atoms with Gasteiger partial charge in [0, 0.05) is 28.5 Å². The van der Waals surface area contributed by atoms with Crippen LogP contribution in [0.5, 0.6) is 0 Å². The number of carbonyl (C=O) groups is 3. The normalized spacial score (nSPS) is 13.0. The second kappa shape index (κ2) is 7.81. The number of non-ortho nitro benzene ring substituents is 1. The Morgan fingerprint density at radius 1 is 1.18 bits per heavy atom. The van der Waals surface area contributed by atoms with Gasteiger partial charge in [-0.15, -0.1) is 0 Å². The number of imide groups is 1. The van der Waals surface area contributed by atoms with Gasteiger partial charge in [0.15, 0.2) is 0 Å². The lowest BCUT2D eigenvalue weighted by molar-refractivity contribution is -0.385. The molecule has 28 heavy (non-hydrogen) atoms. The fraction of sp³-hybridized carbons (Fsp3) is 0.211. The van der Waals surface area contributed by atoms with Crippen LogP contribution in [-0.2, 0) is 0 Å². The van der Waals surface area contributed by atoms with Gasteiger partial charge in [-0.05, 0) is 18.6 Å². The summed E-state index contributed by atoms with van der Waals surface area (Å²) in [5.74, 6) is -2.23. The zero-order chi connectivity index (χ0) is 20.4. The molecule has 0 bridgehead atoms. The molecule has 0 radical (unpaired) electrons. The summed E-state index contributed by atoms with van der Waals surface area (Å²) in [6.45, 7) is 2.15. The molecule has 2 amide bonds. The fourth-order valence-electron chi connectivity index (χ4n) is 2.92. The summed E-state index contributed by atoms with van der Waals surface area (Å²) in [5, 5.41) is 20.7. The average Bonchev–Trinajstić information content (AvgIpc) is 2.90. The standard InChI is InChI=1S/C19H16N2O6S/c1-2-3-8-20-17(22)13-9-11(21(26)27)10-15(16(13)18(20)23)28-14-7-5-4-6-12(14)19(24)25/h4-7,9-10H,2-3,8H2,1H3,(H,24,25). The molecule has 2 aromatic rings. The molecule has 0 aromatic heterocycles. The summed E-state index contributed by atoms with van der Waals surface area (Å²) in [7, 11) is 0. The van der Waals surface area contributed by atoms with Crippen molar-refractivity contribution in [2.75, 3.05) is 6.54 Å². The van der Waals surface area contributed by atoms with E-state index in [0.717, 1.165) is 29.1 Å². The van der Waals surface area contributed by atoms with Crippen LogP contribution in [0.1, 0.15) is 50.8 Å². The summed E-state index contributed by atoms with van der Waals surface area (Å²) >= 11 is 0.926. The maximum Gasteiger partial charge on any atom is 0.336 e. The van der Waals surface area contributed by atoms with E-state index in [4.69, 9.17) is 0 Å². The number of nitrogens with zero attached hydrogens (tertiary/aromatic N) is 2. The first kappa shape index (κ1) is 19.6. The number of nitro groups is 1. The van der Waals surface area contributed by atoms with E-state index in [9.17, 15) is 29.6 Å². The van der Waals surface area contributed by atoms with E-state index in [2.05, 4.69) is 0 Å². The van der Waals surface area contributed by atoms with Gasteiger partial charge in [0.2, 0.25) is 0 Å². The number of hydrogen-bond acceptors (Lipinski definition) is 6. The van der Waals surface area contributed by atoms with Gasteiger partial charge >= 0.3 is 5.97 Å². The first-order chi connectivity index (χ1) is 13.3. The molecule has 0 aliphatic carbocycles. The van der Waals surface area contributed by atoms with Gasteiger partial charge in [0.25, 0.3) is 17.5 Å². The van der Waals surface area contributed by atoms with E-state index < -0.39 is 22.7 Å². The van der Waals surface area contributed by atoms with Crippen LogP contribution in [0.25, 0.3) is 0 Å². The molecule has 8 nitrogen and oxygen atoms in total. The Morgan fingerprint density at radius 3 is 2.54 bits per heavy atom. The molecule has 1 aliphatic rings. The number of unbranched alkanes of at least 4 members (excludes halogenated alkanes) is 1. The van der Waals surface area contributed by atoms with Crippen LogP contribution in [0.15, 0.2) is 46.2 Å². The molecule has 0 fully saturated rings. The first-order valence-electron chi connectivity index (χ1n) is 8.54. The molecule has 3 rings (SSSR count). The number of carboxylic acid groups (broad SMARTS) is 1. The third-order valence-corrected chi connectivity index (χ3v) is 5.42. The fourth-order valence-corrected chi connectivity index (χ4v) is 4.05. The second-order valence-corrected chi connectivity index (χ2v) is 7.23. The molecule has 1 N–H and O–H groups in total. The molecule has 0 saturated carbocycles. The lowest BCUT2D eigenvalue weighted by Gasteiger charge is -2.13. The minimum absolute atomic E-state index is 0.00682. The lowest BCUT2D eigenvalue weighted by Crippen LogP contribution is -2.30. The van der Waals surface area contributed by atoms with Crippen molar-refractivity contribution < 1.29 is 24.4 Å². The minimum Gasteiger partial charge on any atom is -0.478 e. The smallest absolute Gasteiger partial charge is 0.336 e. The van der Waals surface area contributed by atoms with Crippen molar-refractivity contribution in [2.24, 2.45) is 0 Å². The highest BCUT2D eigenvalue weighted by atomic mass is 32.2. The number of aromatic carboxylic acids is 1. The molecular formula is C19H16N2O6S. The Bertz CT molecular complexity index is 1000. The van der Waals surface area contributed by atoms with Crippen molar-refractivity contribution in [3.8, 4) is 0 Å². The van der Waals surface area contributed by atoms with Gasteiger partial charge in [-0.25, -0.2) is 4.79 Å². The highest BCUT2D eigenvalue weighted by Gasteiger charge is 2.39. The van der Waals surface area contributed by atoms with Gasteiger partial charge in [0.1, 0.15) is 0 Å². The Labute approximate surface area is 164 Å². The number of fused-ring (bicyclic) bond motifs is 1. The second-order valence-electron chi connectivity index (χ2n) is 6.14. The number of carbonyl (C=O) groups excluding carboxylic acids is 2. The minimum atomic E-state index is -1.16. The molecular weight excluding hydrogens is 384 g/mol. The van der Waals surface area contributed by atoms with E-state index in [0.29, 0.717) is 11.3 Å². The quantitative estimate of drug-likeness (QED) is 0.426. The Morgan fingerprint density at radius 2 is 1.89 bits per heavy atom. The zero-order valence-corrected chi connectivity index (χ0v) is 15.7. The average molecular weight is 400 g/mol. The molecule has 9 heteroatoms. The summed E-state index contributed by atoms with van der Waals surface area (Å²) in [5.41, 5.74) is -0.262. The Balaban J connectivity index is 2.12. The van der Waals surface area contributed by atoms with Gasteiger partial charge in [-0.1, -0.05) is 37.2 Å². The van der Waals surface area contributed by atoms with Crippen molar-refractivity contribution in [3.63, 3.8) is 0 Å². The number of amides is 2. The largest absolute Gasteiger partial charge is 0.478 e. The SMILES string of the molecule is CCCCN1C(=O)c2cc([N+](=O)[O-])cc(Sc3ccccc3C(=O)O)c2C1=O. The predicted octanol–water partition coefficient (Wildman–Crippen LogP) is 3.84. The van der Waals surface area contributed by atoms with E-state index in [1.54, 1.807) is 18.2 Å². The van der Waals surface area contributed by atoms with Crippen LogP contribution >= 0.6 is 11.8 Å². The molecule has 0 atom stereocenters. The maximum absolute atomic E-state index is 12.8. The van der Waals surface area contributed by atoms with Crippen LogP contribution < -0.4 is 0 Å². The summed E-state index contributed by atoms with van der Waals surface area (Å²) in [6, 6.07) is 8.46. The number of benzene rings is 2. The van der Waals surface area contributed by atoms with Crippen LogP contribution in [0.2, 0.25) is 0 Å². The first-order valence-corrected chi connectivity index (χ1v) is 9.35. The number of rotatable bonds is 7. The van der Waals surface area contributed by atoms with Crippen LogP contribution in [0.3, 0.4) is 0 Å². The van der Waals surface area contributed by atoms with Crippen molar-refractivity contribution in [1.29, 1.82) is 0 Å². The topological polar surface area (TPSA) is 118 Å². The van der Waals surface area contributed by atoms with Gasteiger partial charge < -0.3 is 5.11 Å². The molecule has 1 aliphatic heterocycles. The number of nitro benzene ring substituents is 1. The predicted molar refractivity (Wildman–Crippen MR) is 101 cm³/mol. The zero-order valence-electron chi connectivity index (χ0n) is 14.9. The molecule has 0 spiro atoms. The van der Waals surface area contributed by atoms with Gasteiger partial charge in [0.05, 0.1) is 21.6 Å². The Hall–Kier alpha value is -3.20. The molecule has 2 aromatic carbocycles. The van der Waals surface area contributed by atoms with E-state index in [1.807, 2.05) is 6.92 Å². The third kappa shape index (κ3) is 3.48. The third-order valence-electron chi connectivity index (χ3n) is 4.30. The highest BCUT2D eigenvalue weighted by Crippen LogP contribution is 2.40. The van der Waals surface area contributed by atoms with Gasteiger partial charge in [-0.2, -0.15) is 0 Å². The number of hydrogen-bond donors (Lipinski definition) is 1. The van der Waals surface area contributed by atoms with Crippen LogP contribution in [0, 0.1) is 10.1 Å². The van der Waals surface area contributed by atoms with Crippen molar-refractivity contribution in [1.82, 2.24) is 4.90 Å². The van der Waals surface area contributed by atoms with E-state index >= 15 is 0 Å². The Kier molecular flexibility index (Phi) is 5.46. The lowest BCUT2D eigenvalue weighted by atomic mass is 10.1. The molecule has 1 heterocycles. The van der Waals surface area contributed by atoms with Crippen LogP contribution in [0.4, 0.5) is 5.69 Å². The van der Waals surface area contributed by atoms with Crippen molar-refractivity contribution in [2.45, 2.75) is 29.6 Å². The van der Waals surface area contributed by atoms with Crippen molar-refractivity contribution >= 4 is 35.2 Å². The van der Waals surface area contributed by atoms with E-state index in [1.165, 1.54) is 12.1 Å². The molecule has 0 saturated heterocycles. The summed E-state index contributed by atoms with van der Waals surface area (Å²) in [4.78, 5) is 49.2. The van der Waals surface area contributed by atoms with Gasteiger partial charge in [-0.3, -0.25) is 24.6 Å². The van der Waals surface area contributed by atoms with Crippen LogP contribution in [-0.4, -0.2) is 39.3 Å². The number of carboxylic acids is 1. The van der Waals surface area contributed by atoms with Crippen molar-refractivity contribution in [3.05, 3.63) is 63.2 Å². The summed E-state index contributed by atoms with van der Waals surface area (Å²) < 4.78 is 0. The maximum atomic E-state index is 12.8. The molecule has 144 valence electrons. The van der Waals surface area contributed by atoms with E-state index in [-0.39, 0.29) is 33.8 Å². The highest BCUT2D eigenvalue weighted by molar-refractivity contribution is 7.99. The monoisotopic (exact) mass is 400 g/mol.